The smallest absolute Gasteiger partial charge is 0.183 e. The lowest BCUT2D eigenvalue weighted by atomic mass is 10.1. The van der Waals surface area contributed by atoms with Crippen LogP contribution >= 0.6 is 11.8 Å². The summed E-state index contributed by atoms with van der Waals surface area (Å²) in [4.78, 5) is 13.3. The van der Waals surface area contributed by atoms with Crippen molar-refractivity contribution in [3.8, 4) is 0 Å². The molecule has 0 spiro atoms. The summed E-state index contributed by atoms with van der Waals surface area (Å²) in [6.45, 7) is 4.01. The zero-order valence-corrected chi connectivity index (χ0v) is 11.1. The van der Waals surface area contributed by atoms with Gasteiger partial charge < -0.3 is 5.32 Å². The van der Waals surface area contributed by atoms with Gasteiger partial charge in [0.25, 0.3) is 0 Å². The number of para-hydroxylation sites is 1. The number of Topliss-reactive ketones (excluding diaryl/α,β-unsaturated/α-hetero) is 1. The summed E-state index contributed by atoms with van der Waals surface area (Å²) >= 11 is 1.56. The number of hydrogen-bond acceptors (Lipinski definition) is 3. The summed E-state index contributed by atoms with van der Waals surface area (Å²) in [5.41, 5.74) is 2.49. The zero-order chi connectivity index (χ0) is 13.2. The molecular weight excluding hydrogens is 254 g/mol. The molecule has 0 radical (unpaired) electrons. The standard InChI is InChI=1S/C16H13NOS/c1-11(17-12-7-3-2-4-8-12)16-15(18)13-9-5-6-10-14(13)19-16/h2-10,16-17H,1H2/t16-/m1/s1. The van der Waals surface area contributed by atoms with Gasteiger partial charge in [-0.15, -0.1) is 11.8 Å². The number of anilines is 1. The minimum Gasteiger partial charge on any atom is -0.358 e. The quantitative estimate of drug-likeness (QED) is 0.912. The Bertz CT molecular complexity index is 636. The van der Waals surface area contributed by atoms with Crippen molar-refractivity contribution in [2.24, 2.45) is 0 Å². The van der Waals surface area contributed by atoms with E-state index in [-0.39, 0.29) is 11.0 Å². The van der Waals surface area contributed by atoms with Crippen molar-refractivity contribution in [3.63, 3.8) is 0 Å². The van der Waals surface area contributed by atoms with Crippen LogP contribution in [0.3, 0.4) is 0 Å². The van der Waals surface area contributed by atoms with Crippen LogP contribution in [0.2, 0.25) is 0 Å². The summed E-state index contributed by atoms with van der Waals surface area (Å²) < 4.78 is 0. The van der Waals surface area contributed by atoms with Gasteiger partial charge in [0.05, 0.1) is 0 Å². The molecule has 94 valence electrons. The molecule has 2 nitrogen and oxygen atoms in total. The number of ketones is 1. The first-order valence-corrected chi connectivity index (χ1v) is 6.94. The predicted octanol–water partition coefficient (Wildman–Crippen LogP) is 3.97. The molecule has 0 amide bonds. The minimum absolute atomic E-state index is 0.133. The molecule has 0 unspecified atom stereocenters. The Morgan fingerprint density at radius 3 is 2.47 bits per heavy atom. The average molecular weight is 267 g/mol. The van der Waals surface area contributed by atoms with E-state index in [1.165, 1.54) is 0 Å². The minimum atomic E-state index is -0.238. The van der Waals surface area contributed by atoms with Crippen LogP contribution in [0.1, 0.15) is 10.4 Å². The van der Waals surface area contributed by atoms with Gasteiger partial charge in [0, 0.05) is 21.8 Å². The highest BCUT2D eigenvalue weighted by Gasteiger charge is 2.33. The van der Waals surface area contributed by atoms with E-state index in [1.807, 2.05) is 54.6 Å². The molecule has 2 aromatic rings. The molecule has 1 atom stereocenters. The van der Waals surface area contributed by atoms with E-state index >= 15 is 0 Å². The van der Waals surface area contributed by atoms with Crippen molar-refractivity contribution in [2.75, 3.05) is 5.32 Å². The Kier molecular flexibility index (Phi) is 3.13. The van der Waals surface area contributed by atoms with Gasteiger partial charge in [-0.2, -0.15) is 0 Å². The van der Waals surface area contributed by atoms with E-state index in [0.717, 1.165) is 21.8 Å². The third-order valence-electron chi connectivity index (χ3n) is 3.03. The van der Waals surface area contributed by atoms with E-state index in [1.54, 1.807) is 11.8 Å². The van der Waals surface area contributed by atoms with Crippen LogP contribution in [0.25, 0.3) is 0 Å². The van der Waals surface area contributed by atoms with Crippen molar-refractivity contribution >= 4 is 23.2 Å². The molecule has 0 saturated carbocycles. The molecule has 3 rings (SSSR count). The Labute approximate surface area is 116 Å². The highest BCUT2D eigenvalue weighted by molar-refractivity contribution is 8.01. The number of carbonyl (C=O) groups is 1. The maximum atomic E-state index is 12.3. The highest BCUT2D eigenvalue weighted by Crippen LogP contribution is 2.39. The second-order valence-electron chi connectivity index (χ2n) is 4.37. The molecule has 19 heavy (non-hydrogen) atoms. The lowest BCUT2D eigenvalue weighted by molar-refractivity contribution is 0.100. The van der Waals surface area contributed by atoms with Crippen molar-refractivity contribution in [1.82, 2.24) is 0 Å². The fourth-order valence-electron chi connectivity index (χ4n) is 2.10. The zero-order valence-electron chi connectivity index (χ0n) is 10.3. The van der Waals surface area contributed by atoms with Gasteiger partial charge >= 0.3 is 0 Å². The maximum Gasteiger partial charge on any atom is 0.183 e. The van der Waals surface area contributed by atoms with Gasteiger partial charge in [-0.1, -0.05) is 43.0 Å². The number of hydrogen-bond donors (Lipinski definition) is 1. The van der Waals surface area contributed by atoms with E-state index in [2.05, 4.69) is 11.9 Å². The Morgan fingerprint density at radius 1 is 1.05 bits per heavy atom. The number of thioether (sulfide) groups is 1. The van der Waals surface area contributed by atoms with E-state index in [9.17, 15) is 4.79 Å². The molecule has 1 heterocycles. The summed E-state index contributed by atoms with van der Waals surface area (Å²) in [6, 6.07) is 17.5. The molecular formula is C16H13NOS. The summed E-state index contributed by atoms with van der Waals surface area (Å²) in [5, 5.41) is 2.97. The van der Waals surface area contributed by atoms with Gasteiger partial charge in [-0.3, -0.25) is 4.79 Å². The lowest BCUT2D eigenvalue weighted by Crippen LogP contribution is -2.19. The predicted molar refractivity (Wildman–Crippen MR) is 79.6 cm³/mol. The van der Waals surface area contributed by atoms with Crippen LogP contribution in [-0.2, 0) is 0 Å². The molecule has 2 aromatic carbocycles. The summed E-state index contributed by atoms with van der Waals surface area (Å²) in [6.07, 6.45) is 0. The molecule has 0 aliphatic carbocycles. The second kappa shape index (κ2) is 4.94. The molecule has 1 aliphatic rings. The normalized spacial score (nSPS) is 17.1. The Balaban J connectivity index is 1.79. The summed E-state index contributed by atoms with van der Waals surface area (Å²) in [5.74, 6) is 0.133. The first-order valence-electron chi connectivity index (χ1n) is 6.06. The average Bonchev–Trinajstić information content (AvgIpc) is 2.78. The molecule has 0 aromatic heterocycles. The lowest BCUT2D eigenvalue weighted by Gasteiger charge is -2.13. The van der Waals surface area contributed by atoms with Crippen LogP contribution < -0.4 is 5.32 Å². The molecule has 0 fully saturated rings. The maximum absolute atomic E-state index is 12.3. The number of nitrogens with one attached hydrogen (secondary N) is 1. The van der Waals surface area contributed by atoms with Crippen LogP contribution in [0.5, 0.6) is 0 Å². The third-order valence-corrected chi connectivity index (χ3v) is 4.37. The number of fused-ring (bicyclic) bond motifs is 1. The van der Waals surface area contributed by atoms with Crippen molar-refractivity contribution in [1.29, 1.82) is 0 Å². The SMILES string of the molecule is C=C(Nc1ccccc1)[C@H]1Sc2ccccc2C1=O. The molecule has 0 bridgehead atoms. The van der Waals surface area contributed by atoms with Crippen molar-refractivity contribution in [3.05, 3.63) is 72.4 Å². The largest absolute Gasteiger partial charge is 0.358 e. The molecule has 0 saturated heterocycles. The van der Waals surface area contributed by atoms with Gasteiger partial charge in [0.2, 0.25) is 0 Å². The van der Waals surface area contributed by atoms with Crippen LogP contribution in [-0.4, -0.2) is 11.0 Å². The van der Waals surface area contributed by atoms with Gasteiger partial charge in [-0.25, -0.2) is 0 Å². The highest BCUT2D eigenvalue weighted by atomic mass is 32.2. The fourth-order valence-corrected chi connectivity index (χ4v) is 3.24. The van der Waals surface area contributed by atoms with E-state index in [0.29, 0.717) is 0 Å². The van der Waals surface area contributed by atoms with Gasteiger partial charge in [0.15, 0.2) is 5.78 Å². The van der Waals surface area contributed by atoms with Gasteiger partial charge in [0.1, 0.15) is 5.25 Å². The summed E-state index contributed by atoms with van der Waals surface area (Å²) in [7, 11) is 0. The second-order valence-corrected chi connectivity index (χ2v) is 5.52. The van der Waals surface area contributed by atoms with Crippen molar-refractivity contribution < 1.29 is 4.79 Å². The van der Waals surface area contributed by atoms with Gasteiger partial charge in [-0.05, 0) is 18.2 Å². The van der Waals surface area contributed by atoms with E-state index < -0.39 is 0 Å². The Hall–Kier alpha value is -2.00. The number of carbonyl (C=O) groups excluding carboxylic acids is 1. The van der Waals surface area contributed by atoms with E-state index in [4.69, 9.17) is 0 Å². The van der Waals surface area contributed by atoms with Crippen LogP contribution in [0.4, 0.5) is 5.69 Å². The van der Waals surface area contributed by atoms with Crippen LogP contribution in [0, 0.1) is 0 Å². The monoisotopic (exact) mass is 267 g/mol. The fraction of sp³-hybridized carbons (Fsp3) is 0.0625. The van der Waals surface area contributed by atoms with Crippen molar-refractivity contribution in [2.45, 2.75) is 10.1 Å². The number of benzene rings is 2. The van der Waals surface area contributed by atoms with Crippen LogP contribution in [0.15, 0.2) is 71.8 Å². The molecule has 1 N–H and O–H groups in total. The topological polar surface area (TPSA) is 29.1 Å². The first kappa shape index (κ1) is 12.1. The number of rotatable bonds is 3. The third kappa shape index (κ3) is 2.29. The Morgan fingerprint density at radius 2 is 1.74 bits per heavy atom. The first-order chi connectivity index (χ1) is 9.25. The molecule has 3 heteroatoms. The molecule has 1 aliphatic heterocycles.